The predicted molar refractivity (Wildman–Crippen MR) is 79.8 cm³/mol. The van der Waals surface area contributed by atoms with Gasteiger partial charge in [0.05, 0.1) is 30.8 Å². The number of nitrogens with one attached hydrogen (secondary N) is 2. The quantitative estimate of drug-likeness (QED) is 0.807. The molecule has 0 bridgehead atoms. The SMILES string of the molecule is Cc1ccc2nc(CNCCN3CCOCC3)[nH]c2c1. The van der Waals surface area contributed by atoms with Crippen molar-refractivity contribution in [3.05, 3.63) is 29.6 Å². The molecule has 5 nitrogen and oxygen atoms in total. The number of hydrogen-bond acceptors (Lipinski definition) is 4. The van der Waals surface area contributed by atoms with Crippen LogP contribution in [-0.2, 0) is 11.3 Å². The van der Waals surface area contributed by atoms with Gasteiger partial charge in [0.25, 0.3) is 0 Å². The van der Waals surface area contributed by atoms with Crippen molar-refractivity contribution in [2.24, 2.45) is 0 Å². The van der Waals surface area contributed by atoms with Crippen LogP contribution in [0.4, 0.5) is 0 Å². The first-order chi connectivity index (χ1) is 9.81. The summed E-state index contributed by atoms with van der Waals surface area (Å²) in [6.45, 7) is 8.76. The second kappa shape index (κ2) is 6.35. The Balaban J connectivity index is 1.47. The van der Waals surface area contributed by atoms with Gasteiger partial charge in [0.2, 0.25) is 0 Å². The Bertz CT molecular complexity index is 560. The molecule has 5 heteroatoms. The lowest BCUT2D eigenvalue weighted by atomic mass is 10.2. The van der Waals surface area contributed by atoms with Gasteiger partial charge in [0, 0.05) is 26.2 Å². The second-order valence-corrected chi connectivity index (χ2v) is 5.33. The van der Waals surface area contributed by atoms with E-state index >= 15 is 0 Å². The van der Waals surface area contributed by atoms with Crippen molar-refractivity contribution in [3.8, 4) is 0 Å². The zero-order valence-corrected chi connectivity index (χ0v) is 12.0. The Labute approximate surface area is 119 Å². The molecule has 0 aliphatic carbocycles. The first-order valence-electron chi connectivity index (χ1n) is 7.27. The maximum absolute atomic E-state index is 5.34. The van der Waals surface area contributed by atoms with Crippen LogP contribution in [-0.4, -0.2) is 54.3 Å². The summed E-state index contributed by atoms with van der Waals surface area (Å²) in [5.74, 6) is 1.01. The van der Waals surface area contributed by atoms with Crippen LogP contribution >= 0.6 is 0 Å². The molecule has 0 radical (unpaired) electrons. The number of nitrogens with zero attached hydrogens (tertiary/aromatic N) is 2. The predicted octanol–water partition coefficient (Wildman–Crippen LogP) is 1.29. The standard InChI is InChI=1S/C15H22N4O/c1-12-2-3-13-14(10-12)18-15(17-13)11-16-4-5-19-6-8-20-9-7-19/h2-3,10,16H,4-9,11H2,1H3,(H,17,18). The smallest absolute Gasteiger partial charge is 0.121 e. The minimum atomic E-state index is 0.790. The number of morpholine rings is 1. The van der Waals surface area contributed by atoms with Crippen LogP contribution in [0.3, 0.4) is 0 Å². The Kier molecular flexibility index (Phi) is 4.30. The number of fused-ring (bicyclic) bond motifs is 1. The van der Waals surface area contributed by atoms with E-state index in [4.69, 9.17) is 4.74 Å². The molecule has 20 heavy (non-hydrogen) atoms. The average molecular weight is 274 g/mol. The monoisotopic (exact) mass is 274 g/mol. The van der Waals surface area contributed by atoms with E-state index in [0.29, 0.717) is 0 Å². The van der Waals surface area contributed by atoms with Crippen molar-refractivity contribution in [2.45, 2.75) is 13.5 Å². The van der Waals surface area contributed by atoms with Gasteiger partial charge in [-0.2, -0.15) is 0 Å². The Morgan fingerprint density at radius 2 is 2.20 bits per heavy atom. The van der Waals surface area contributed by atoms with Crippen LogP contribution in [0, 0.1) is 6.92 Å². The first-order valence-corrected chi connectivity index (χ1v) is 7.27. The van der Waals surface area contributed by atoms with Crippen LogP contribution in [0.15, 0.2) is 18.2 Å². The highest BCUT2D eigenvalue weighted by molar-refractivity contribution is 5.75. The molecular weight excluding hydrogens is 252 g/mol. The summed E-state index contributed by atoms with van der Waals surface area (Å²) in [6.07, 6.45) is 0. The first kappa shape index (κ1) is 13.5. The Morgan fingerprint density at radius 3 is 3.05 bits per heavy atom. The summed E-state index contributed by atoms with van der Waals surface area (Å²) in [6, 6.07) is 6.30. The fourth-order valence-electron chi connectivity index (χ4n) is 2.53. The Morgan fingerprint density at radius 1 is 1.35 bits per heavy atom. The average Bonchev–Trinajstić information content (AvgIpc) is 2.86. The molecule has 1 aromatic carbocycles. The van der Waals surface area contributed by atoms with Gasteiger partial charge in [0.1, 0.15) is 5.82 Å². The number of aromatic nitrogens is 2. The summed E-state index contributed by atoms with van der Waals surface area (Å²) < 4.78 is 5.34. The molecule has 0 unspecified atom stereocenters. The zero-order valence-electron chi connectivity index (χ0n) is 12.0. The van der Waals surface area contributed by atoms with Crippen LogP contribution in [0.1, 0.15) is 11.4 Å². The zero-order chi connectivity index (χ0) is 13.8. The minimum Gasteiger partial charge on any atom is -0.379 e. The number of aryl methyl sites for hydroxylation is 1. The van der Waals surface area contributed by atoms with Crippen LogP contribution in [0.25, 0.3) is 11.0 Å². The van der Waals surface area contributed by atoms with E-state index in [1.165, 1.54) is 5.56 Å². The van der Waals surface area contributed by atoms with Crippen LogP contribution in [0.5, 0.6) is 0 Å². The van der Waals surface area contributed by atoms with Crippen molar-refractivity contribution >= 4 is 11.0 Å². The fraction of sp³-hybridized carbons (Fsp3) is 0.533. The topological polar surface area (TPSA) is 53.2 Å². The lowest BCUT2D eigenvalue weighted by molar-refractivity contribution is 0.0384. The number of H-pyrrole nitrogens is 1. The van der Waals surface area contributed by atoms with E-state index in [9.17, 15) is 0 Å². The highest BCUT2D eigenvalue weighted by Gasteiger charge is 2.09. The third kappa shape index (κ3) is 3.36. The molecule has 0 atom stereocenters. The third-order valence-corrected chi connectivity index (χ3v) is 3.69. The highest BCUT2D eigenvalue weighted by Crippen LogP contribution is 2.12. The summed E-state index contributed by atoms with van der Waals surface area (Å²) in [5.41, 5.74) is 3.42. The molecule has 2 heterocycles. The van der Waals surface area contributed by atoms with Gasteiger partial charge in [-0.05, 0) is 24.6 Å². The Hall–Kier alpha value is -1.43. The van der Waals surface area contributed by atoms with Crippen LogP contribution in [0.2, 0.25) is 0 Å². The fourth-order valence-corrected chi connectivity index (χ4v) is 2.53. The van der Waals surface area contributed by atoms with E-state index in [1.807, 2.05) is 0 Å². The molecule has 1 aliphatic rings. The molecule has 2 aromatic rings. The normalized spacial score (nSPS) is 16.9. The van der Waals surface area contributed by atoms with Crippen molar-refractivity contribution < 1.29 is 4.74 Å². The molecule has 1 saturated heterocycles. The molecule has 0 amide bonds. The second-order valence-electron chi connectivity index (χ2n) is 5.33. The van der Waals surface area contributed by atoms with Gasteiger partial charge in [-0.15, -0.1) is 0 Å². The lowest BCUT2D eigenvalue weighted by Gasteiger charge is -2.26. The maximum Gasteiger partial charge on any atom is 0.121 e. The lowest BCUT2D eigenvalue weighted by Crippen LogP contribution is -2.40. The number of rotatable bonds is 5. The maximum atomic E-state index is 5.34. The van der Waals surface area contributed by atoms with Crippen LogP contribution < -0.4 is 5.32 Å². The van der Waals surface area contributed by atoms with E-state index in [1.54, 1.807) is 0 Å². The molecule has 1 aliphatic heterocycles. The van der Waals surface area contributed by atoms with Gasteiger partial charge in [0.15, 0.2) is 0 Å². The largest absolute Gasteiger partial charge is 0.379 e. The molecule has 2 N–H and O–H groups in total. The number of imidazole rings is 1. The summed E-state index contributed by atoms with van der Waals surface area (Å²) in [4.78, 5) is 10.4. The molecule has 0 spiro atoms. The number of ether oxygens (including phenoxy) is 1. The molecular formula is C15H22N4O. The molecule has 3 rings (SSSR count). The van der Waals surface area contributed by atoms with E-state index in [2.05, 4.69) is 45.3 Å². The van der Waals surface area contributed by atoms with E-state index in [-0.39, 0.29) is 0 Å². The van der Waals surface area contributed by atoms with Crippen molar-refractivity contribution in [3.63, 3.8) is 0 Å². The summed E-state index contributed by atoms with van der Waals surface area (Å²) in [5, 5.41) is 3.45. The molecule has 108 valence electrons. The minimum absolute atomic E-state index is 0.790. The highest BCUT2D eigenvalue weighted by atomic mass is 16.5. The third-order valence-electron chi connectivity index (χ3n) is 3.69. The van der Waals surface area contributed by atoms with Gasteiger partial charge in [-0.1, -0.05) is 6.07 Å². The van der Waals surface area contributed by atoms with E-state index in [0.717, 1.165) is 62.8 Å². The molecule has 0 saturated carbocycles. The van der Waals surface area contributed by atoms with Crippen molar-refractivity contribution in [1.29, 1.82) is 0 Å². The summed E-state index contributed by atoms with van der Waals surface area (Å²) >= 11 is 0. The van der Waals surface area contributed by atoms with Gasteiger partial charge < -0.3 is 15.0 Å². The number of aromatic amines is 1. The van der Waals surface area contributed by atoms with E-state index < -0.39 is 0 Å². The molecule has 1 aromatic heterocycles. The number of hydrogen-bond donors (Lipinski definition) is 2. The van der Waals surface area contributed by atoms with Gasteiger partial charge in [-0.3, -0.25) is 4.90 Å². The number of benzene rings is 1. The van der Waals surface area contributed by atoms with Gasteiger partial charge in [-0.25, -0.2) is 4.98 Å². The van der Waals surface area contributed by atoms with Crippen molar-refractivity contribution in [1.82, 2.24) is 20.2 Å². The molecule has 1 fully saturated rings. The van der Waals surface area contributed by atoms with Crippen molar-refractivity contribution in [2.75, 3.05) is 39.4 Å². The summed E-state index contributed by atoms with van der Waals surface area (Å²) in [7, 11) is 0. The van der Waals surface area contributed by atoms with Gasteiger partial charge >= 0.3 is 0 Å².